The van der Waals surface area contributed by atoms with Gasteiger partial charge in [0.1, 0.15) is 0 Å². The van der Waals surface area contributed by atoms with Crippen LogP contribution in [0.3, 0.4) is 0 Å². The van der Waals surface area contributed by atoms with E-state index in [4.69, 9.17) is 4.74 Å². The zero-order chi connectivity index (χ0) is 12.4. The monoisotopic (exact) mass is 357 g/mol. The summed E-state index contributed by atoms with van der Waals surface area (Å²) in [6.07, 6.45) is 3.68. The van der Waals surface area contributed by atoms with Crippen molar-refractivity contribution in [3.8, 4) is 0 Å². The molecule has 0 aromatic carbocycles. The summed E-state index contributed by atoms with van der Waals surface area (Å²) < 4.78 is 5.33. The second-order valence-electron chi connectivity index (χ2n) is 4.52. The van der Waals surface area contributed by atoms with Crippen molar-refractivity contribution in [2.45, 2.75) is 45.6 Å². The number of hydrogen-bond acceptors (Lipinski definition) is 2. The number of guanidine groups is 1. The summed E-state index contributed by atoms with van der Waals surface area (Å²) in [5, 5.41) is 6.54. The minimum absolute atomic E-state index is 0. The van der Waals surface area contributed by atoms with Crippen molar-refractivity contribution >= 4 is 29.9 Å². The van der Waals surface area contributed by atoms with Crippen molar-refractivity contribution in [2.75, 3.05) is 27.2 Å². The topological polar surface area (TPSA) is 45.7 Å². The van der Waals surface area contributed by atoms with Gasteiger partial charge >= 0.3 is 0 Å². The number of unbranched alkanes of at least 4 members (excludes halogenated alkanes) is 2. The van der Waals surface area contributed by atoms with Crippen molar-refractivity contribution in [1.82, 2.24) is 10.6 Å². The van der Waals surface area contributed by atoms with E-state index in [1.807, 2.05) is 13.8 Å². The molecule has 0 heterocycles. The van der Waals surface area contributed by atoms with Crippen LogP contribution in [0.4, 0.5) is 0 Å². The van der Waals surface area contributed by atoms with Crippen LogP contribution in [0, 0.1) is 0 Å². The number of hydrogen-bond donors (Lipinski definition) is 2. The molecule has 4 nitrogen and oxygen atoms in total. The molecule has 0 aliphatic rings. The Labute approximate surface area is 123 Å². The molecule has 104 valence electrons. The predicted octanol–water partition coefficient (Wildman–Crippen LogP) is 2.38. The number of rotatable bonds is 7. The number of ether oxygens (including phenoxy) is 1. The van der Waals surface area contributed by atoms with Crippen LogP contribution in [-0.2, 0) is 4.74 Å². The van der Waals surface area contributed by atoms with E-state index >= 15 is 0 Å². The smallest absolute Gasteiger partial charge is 0.191 e. The maximum absolute atomic E-state index is 5.33. The molecule has 0 amide bonds. The van der Waals surface area contributed by atoms with E-state index in [9.17, 15) is 0 Å². The molecule has 0 aliphatic carbocycles. The molecule has 0 unspecified atom stereocenters. The van der Waals surface area contributed by atoms with Crippen LogP contribution in [0.15, 0.2) is 4.99 Å². The molecule has 0 saturated heterocycles. The Morgan fingerprint density at radius 2 is 1.88 bits per heavy atom. The standard InChI is InChI=1S/C12H27N3O.HI/c1-6-7-8-9-14-11(13-4)15-10-12(2,3)16-5;/h6-10H2,1-5H3,(H2,13,14,15);1H. The SMILES string of the molecule is CCCCCNC(=NC)NCC(C)(C)OC.I. The lowest BCUT2D eigenvalue weighted by Gasteiger charge is -2.24. The van der Waals surface area contributed by atoms with Crippen molar-refractivity contribution in [3.05, 3.63) is 0 Å². The van der Waals surface area contributed by atoms with Gasteiger partial charge in [0.15, 0.2) is 5.96 Å². The highest BCUT2D eigenvalue weighted by atomic mass is 127. The summed E-state index contributed by atoms with van der Waals surface area (Å²) in [6, 6.07) is 0. The first-order valence-corrected chi connectivity index (χ1v) is 6.05. The van der Waals surface area contributed by atoms with Crippen LogP contribution in [0.1, 0.15) is 40.0 Å². The van der Waals surface area contributed by atoms with Crippen LogP contribution in [0.2, 0.25) is 0 Å². The summed E-state index contributed by atoms with van der Waals surface area (Å²) in [7, 11) is 3.51. The Morgan fingerprint density at radius 3 is 2.35 bits per heavy atom. The van der Waals surface area contributed by atoms with E-state index in [-0.39, 0.29) is 29.6 Å². The lowest BCUT2D eigenvalue weighted by atomic mass is 10.1. The van der Waals surface area contributed by atoms with E-state index in [0.29, 0.717) is 0 Å². The Hall–Kier alpha value is -0.0400. The second-order valence-corrected chi connectivity index (χ2v) is 4.52. The van der Waals surface area contributed by atoms with Crippen molar-refractivity contribution in [2.24, 2.45) is 4.99 Å². The van der Waals surface area contributed by atoms with Gasteiger partial charge in [0, 0.05) is 27.2 Å². The third-order valence-electron chi connectivity index (χ3n) is 2.53. The summed E-state index contributed by atoms with van der Waals surface area (Å²) in [5.74, 6) is 0.848. The Bertz CT molecular complexity index is 208. The first kappa shape index (κ1) is 19.3. The summed E-state index contributed by atoms with van der Waals surface area (Å²) in [5.41, 5.74) is -0.166. The quantitative estimate of drug-likeness (QED) is 0.318. The fourth-order valence-corrected chi connectivity index (χ4v) is 1.17. The zero-order valence-electron chi connectivity index (χ0n) is 11.8. The van der Waals surface area contributed by atoms with Gasteiger partial charge in [0.25, 0.3) is 0 Å². The average Bonchev–Trinajstić information content (AvgIpc) is 2.28. The molecule has 0 aromatic rings. The molecule has 0 aromatic heterocycles. The van der Waals surface area contributed by atoms with Gasteiger partial charge in [-0.1, -0.05) is 19.8 Å². The van der Waals surface area contributed by atoms with E-state index in [1.165, 1.54) is 19.3 Å². The second kappa shape index (κ2) is 11.1. The maximum atomic E-state index is 5.33. The van der Waals surface area contributed by atoms with Gasteiger partial charge in [-0.3, -0.25) is 4.99 Å². The lowest BCUT2D eigenvalue weighted by molar-refractivity contribution is 0.0268. The fraction of sp³-hybridized carbons (Fsp3) is 0.917. The number of aliphatic imine (C=N–C) groups is 1. The highest BCUT2D eigenvalue weighted by Gasteiger charge is 2.16. The molecule has 0 bridgehead atoms. The maximum Gasteiger partial charge on any atom is 0.191 e. The first-order chi connectivity index (χ1) is 7.55. The lowest BCUT2D eigenvalue weighted by Crippen LogP contribution is -2.45. The number of methoxy groups -OCH3 is 1. The largest absolute Gasteiger partial charge is 0.377 e. The zero-order valence-corrected chi connectivity index (χ0v) is 14.1. The first-order valence-electron chi connectivity index (χ1n) is 6.05. The molecular weight excluding hydrogens is 329 g/mol. The number of nitrogens with one attached hydrogen (secondary N) is 2. The summed E-state index contributed by atoms with van der Waals surface area (Å²) in [6.45, 7) is 8.01. The van der Waals surface area contributed by atoms with Gasteiger partial charge < -0.3 is 15.4 Å². The van der Waals surface area contributed by atoms with Crippen LogP contribution in [-0.4, -0.2) is 38.8 Å². The molecule has 0 spiro atoms. The normalized spacial score (nSPS) is 11.9. The molecule has 5 heteroatoms. The minimum atomic E-state index is -0.166. The highest BCUT2D eigenvalue weighted by molar-refractivity contribution is 14.0. The van der Waals surface area contributed by atoms with E-state index in [1.54, 1.807) is 14.2 Å². The molecule has 0 radical (unpaired) electrons. The Morgan fingerprint density at radius 1 is 1.24 bits per heavy atom. The highest BCUT2D eigenvalue weighted by Crippen LogP contribution is 2.04. The molecule has 2 N–H and O–H groups in total. The van der Waals surface area contributed by atoms with Gasteiger partial charge in [0.05, 0.1) is 5.60 Å². The third kappa shape index (κ3) is 10.8. The number of halogens is 1. The van der Waals surface area contributed by atoms with Crippen LogP contribution < -0.4 is 10.6 Å². The Kier molecular flexibility index (Phi) is 12.6. The van der Waals surface area contributed by atoms with Crippen molar-refractivity contribution < 1.29 is 4.74 Å². The number of nitrogens with zero attached hydrogens (tertiary/aromatic N) is 1. The molecule has 0 rings (SSSR count). The average molecular weight is 357 g/mol. The van der Waals surface area contributed by atoms with Crippen molar-refractivity contribution in [3.63, 3.8) is 0 Å². The van der Waals surface area contributed by atoms with Gasteiger partial charge in [0.2, 0.25) is 0 Å². The van der Waals surface area contributed by atoms with Gasteiger partial charge in [-0.25, -0.2) is 0 Å². The molecule has 17 heavy (non-hydrogen) atoms. The molecule has 0 atom stereocenters. The molecular formula is C12H28IN3O. The van der Waals surface area contributed by atoms with Gasteiger partial charge in [-0.2, -0.15) is 0 Å². The summed E-state index contributed by atoms with van der Waals surface area (Å²) >= 11 is 0. The summed E-state index contributed by atoms with van der Waals surface area (Å²) in [4.78, 5) is 4.16. The molecule has 0 aliphatic heterocycles. The fourth-order valence-electron chi connectivity index (χ4n) is 1.17. The minimum Gasteiger partial charge on any atom is -0.377 e. The van der Waals surface area contributed by atoms with Gasteiger partial charge in [-0.15, -0.1) is 24.0 Å². The van der Waals surface area contributed by atoms with Crippen molar-refractivity contribution in [1.29, 1.82) is 0 Å². The van der Waals surface area contributed by atoms with Crippen LogP contribution >= 0.6 is 24.0 Å². The predicted molar refractivity (Wildman–Crippen MR) is 85.4 cm³/mol. The van der Waals surface area contributed by atoms with Gasteiger partial charge in [-0.05, 0) is 20.3 Å². The molecule has 0 saturated carbocycles. The van der Waals surface area contributed by atoms with E-state index in [2.05, 4.69) is 22.5 Å². The van der Waals surface area contributed by atoms with E-state index in [0.717, 1.165) is 19.0 Å². The Balaban J connectivity index is 0. The van der Waals surface area contributed by atoms with E-state index < -0.39 is 0 Å². The van der Waals surface area contributed by atoms with Crippen LogP contribution in [0.25, 0.3) is 0 Å². The third-order valence-corrected chi connectivity index (χ3v) is 2.53. The van der Waals surface area contributed by atoms with Crippen LogP contribution in [0.5, 0.6) is 0 Å². The molecule has 0 fully saturated rings.